The Bertz CT molecular complexity index is 786. The number of amides is 2. The van der Waals surface area contributed by atoms with E-state index >= 15 is 0 Å². The maximum Gasteiger partial charge on any atom is 0.253 e. The molecule has 1 N–H and O–H groups in total. The monoisotopic (exact) mass is 390 g/mol. The predicted octanol–water partition coefficient (Wildman–Crippen LogP) is 1.93. The summed E-state index contributed by atoms with van der Waals surface area (Å²) in [6.45, 7) is 1.80. The summed E-state index contributed by atoms with van der Waals surface area (Å²) < 4.78 is 6.71. The van der Waals surface area contributed by atoms with Gasteiger partial charge >= 0.3 is 0 Å². The predicted molar refractivity (Wildman–Crippen MR) is 102 cm³/mol. The molecular weight excluding hydrogens is 368 g/mol. The Kier molecular flexibility index (Phi) is 6.13. The normalized spacial score (nSPS) is 16.1. The summed E-state index contributed by atoms with van der Waals surface area (Å²) in [5, 5.41) is 7.75. The second-order valence-corrected chi connectivity index (χ2v) is 6.97. The number of hydrogen-bond acceptors (Lipinski definition) is 4. The SMILES string of the molecule is COCCNC(=O)C1(n2cccn2)CCN(C(=O)c2cccc(Cl)c2)CC1. The van der Waals surface area contributed by atoms with Gasteiger partial charge in [-0.3, -0.25) is 14.3 Å². The highest BCUT2D eigenvalue weighted by Crippen LogP contribution is 2.31. The molecule has 0 atom stereocenters. The van der Waals surface area contributed by atoms with E-state index < -0.39 is 5.54 Å². The molecule has 2 heterocycles. The Balaban J connectivity index is 1.74. The van der Waals surface area contributed by atoms with Gasteiger partial charge < -0.3 is 15.0 Å². The summed E-state index contributed by atoms with van der Waals surface area (Å²) in [7, 11) is 1.59. The molecule has 1 aromatic heterocycles. The zero-order valence-corrected chi connectivity index (χ0v) is 16.0. The summed E-state index contributed by atoms with van der Waals surface area (Å²) in [6.07, 6.45) is 4.43. The molecular formula is C19H23ClN4O3. The van der Waals surface area contributed by atoms with E-state index in [9.17, 15) is 9.59 Å². The van der Waals surface area contributed by atoms with Gasteiger partial charge in [0.1, 0.15) is 5.54 Å². The van der Waals surface area contributed by atoms with Gasteiger partial charge in [0.05, 0.1) is 6.61 Å². The van der Waals surface area contributed by atoms with E-state index in [1.54, 1.807) is 59.4 Å². The molecule has 144 valence electrons. The van der Waals surface area contributed by atoms with Crippen LogP contribution in [0.15, 0.2) is 42.7 Å². The van der Waals surface area contributed by atoms with E-state index in [2.05, 4.69) is 10.4 Å². The lowest BCUT2D eigenvalue weighted by Gasteiger charge is -2.40. The van der Waals surface area contributed by atoms with Gasteiger partial charge in [-0.15, -0.1) is 0 Å². The number of carbonyl (C=O) groups is 2. The van der Waals surface area contributed by atoms with E-state index in [0.717, 1.165) is 0 Å². The third kappa shape index (κ3) is 4.14. The molecule has 2 aromatic rings. The van der Waals surface area contributed by atoms with Crippen molar-refractivity contribution in [1.29, 1.82) is 0 Å². The van der Waals surface area contributed by atoms with Crippen molar-refractivity contribution in [3.05, 3.63) is 53.3 Å². The number of carbonyl (C=O) groups excluding carboxylic acids is 2. The second-order valence-electron chi connectivity index (χ2n) is 6.53. The molecule has 0 aliphatic carbocycles. The zero-order chi connectivity index (χ0) is 19.3. The Morgan fingerprint density at radius 2 is 2.07 bits per heavy atom. The molecule has 1 aromatic carbocycles. The Hall–Kier alpha value is -2.38. The number of halogens is 1. The number of hydrogen-bond donors (Lipinski definition) is 1. The number of likely N-dealkylation sites (tertiary alicyclic amines) is 1. The first-order valence-electron chi connectivity index (χ1n) is 8.89. The number of nitrogens with one attached hydrogen (secondary N) is 1. The number of piperidine rings is 1. The average Bonchev–Trinajstić information content (AvgIpc) is 3.23. The number of rotatable bonds is 6. The first-order valence-corrected chi connectivity index (χ1v) is 9.27. The molecule has 0 radical (unpaired) electrons. The van der Waals surface area contributed by atoms with Crippen LogP contribution in [-0.4, -0.2) is 59.8 Å². The molecule has 7 nitrogen and oxygen atoms in total. The number of aromatic nitrogens is 2. The zero-order valence-electron chi connectivity index (χ0n) is 15.2. The van der Waals surface area contributed by atoms with Gasteiger partial charge in [-0.25, -0.2) is 0 Å². The fraction of sp³-hybridized carbons (Fsp3) is 0.421. The van der Waals surface area contributed by atoms with Gasteiger partial charge in [-0.2, -0.15) is 5.10 Å². The van der Waals surface area contributed by atoms with E-state index in [1.807, 2.05) is 0 Å². The lowest BCUT2D eigenvalue weighted by molar-refractivity contribution is -0.133. The van der Waals surface area contributed by atoms with Crippen LogP contribution in [0, 0.1) is 0 Å². The summed E-state index contributed by atoms with van der Waals surface area (Å²) in [5.41, 5.74) is -0.249. The smallest absolute Gasteiger partial charge is 0.253 e. The van der Waals surface area contributed by atoms with Crippen molar-refractivity contribution in [3.63, 3.8) is 0 Å². The van der Waals surface area contributed by atoms with Crippen molar-refractivity contribution in [2.75, 3.05) is 33.4 Å². The van der Waals surface area contributed by atoms with Crippen LogP contribution in [0.3, 0.4) is 0 Å². The number of nitrogens with zero attached hydrogens (tertiary/aromatic N) is 3. The summed E-state index contributed by atoms with van der Waals surface area (Å²) in [5.74, 6) is -0.176. The van der Waals surface area contributed by atoms with Crippen molar-refractivity contribution in [3.8, 4) is 0 Å². The Morgan fingerprint density at radius 1 is 1.30 bits per heavy atom. The summed E-state index contributed by atoms with van der Waals surface area (Å²) >= 11 is 6.00. The highest BCUT2D eigenvalue weighted by molar-refractivity contribution is 6.30. The number of benzene rings is 1. The van der Waals surface area contributed by atoms with Crippen molar-refractivity contribution in [1.82, 2.24) is 20.0 Å². The quantitative estimate of drug-likeness (QED) is 0.764. The first kappa shape index (κ1) is 19.4. The average molecular weight is 391 g/mol. The molecule has 0 unspecified atom stereocenters. The Labute approximate surface area is 163 Å². The fourth-order valence-electron chi connectivity index (χ4n) is 3.40. The van der Waals surface area contributed by atoms with E-state index in [4.69, 9.17) is 16.3 Å². The minimum atomic E-state index is -0.803. The molecule has 1 saturated heterocycles. The summed E-state index contributed by atoms with van der Waals surface area (Å²) in [6, 6.07) is 8.71. The van der Waals surface area contributed by atoms with Crippen molar-refractivity contribution >= 4 is 23.4 Å². The van der Waals surface area contributed by atoms with Gasteiger partial charge in [0.15, 0.2) is 0 Å². The largest absolute Gasteiger partial charge is 0.383 e. The van der Waals surface area contributed by atoms with Crippen LogP contribution in [0.5, 0.6) is 0 Å². The third-order valence-corrected chi connectivity index (χ3v) is 5.14. The van der Waals surface area contributed by atoms with Crippen LogP contribution >= 0.6 is 11.6 Å². The van der Waals surface area contributed by atoms with Crippen LogP contribution in [0.1, 0.15) is 23.2 Å². The maximum atomic E-state index is 12.9. The molecule has 1 aliphatic heterocycles. The molecule has 1 aliphatic rings. The van der Waals surface area contributed by atoms with E-state index in [1.165, 1.54) is 0 Å². The van der Waals surface area contributed by atoms with Gasteiger partial charge in [0.2, 0.25) is 5.91 Å². The van der Waals surface area contributed by atoms with E-state index in [0.29, 0.717) is 49.7 Å². The molecule has 0 saturated carbocycles. The molecule has 27 heavy (non-hydrogen) atoms. The maximum absolute atomic E-state index is 12.9. The fourth-order valence-corrected chi connectivity index (χ4v) is 3.59. The Morgan fingerprint density at radius 3 is 2.70 bits per heavy atom. The van der Waals surface area contributed by atoms with Crippen LogP contribution in [-0.2, 0) is 15.1 Å². The highest BCUT2D eigenvalue weighted by atomic mass is 35.5. The third-order valence-electron chi connectivity index (χ3n) is 4.91. The highest BCUT2D eigenvalue weighted by Gasteiger charge is 2.44. The van der Waals surface area contributed by atoms with Crippen LogP contribution in [0.4, 0.5) is 0 Å². The second kappa shape index (κ2) is 8.54. The van der Waals surface area contributed by atoms with Crippen molar-refractivity contribution in [2.45, 2.75) is 18.4 Å². The first-order chi connectivity index (χ1) is 13.1. The molecule has 3 rings (SSSR count). The topological polar surface area (TPSA) is 76.5 Å². The standard InChI is InChI=1S/C19H23ClN4O3/c1-27-13-9-21-18(26)19(24-10-3-8-22-24)6-11-23(12-7-19)17(25)15-4-2-5-16(20)14-15/h2-5,8,10,14H,6-7,9,11-13H2,1H3,(H,21,26). The van der Waals surface area contributed by atoms with Crippen LogP contribution in [0.2, 0.25) is 5.02 Å². The van der Waals surface area contributed by atoms with Gasteiger partial charge in [0.25, 0.3) is 5.91 Å². The van der Waals surface area contributed by atoms with Gasteiger partial charge in [-0.1, -0.05) is 17.7 Å². The number of ether oxygens (including phenoxy) is 1. The molecule has 1 fully saturated rings. The van der Waals surface area contributed by atoms with Crippen LogP contribution < -0.4 is 5.32 Å². The molecule has 0 spiro atoms. The lowest BCUT2D eigenvalue weighted by Crippen LogP contribution is -2.56. The van der Waals surface area contributed by atoms with Gasteiger partial charge in [0, 0.05) is 49.7 Å². The lowest BCUT2D eigenvalue weighted by atomic mass is 9.86. The van der Waals surface area contributed by atoms with Gasteiger partial charge in [-0.05, 0) is 37.1 Å². The summed E-state index contributed by atoms with van der Waals surface area (Å²) in [4.78, 5) is 27.5. The van der Waals surface area contributed by atoms with E-state index in [-0.39, 0.29) is 11.8 Å². The molecule has 0 bridgehead atoms. The minimum absolute atomic E-state index is 0.0774. The number of methoxy groups -OCH3 is 1. The minimum Gasteiger partial charge on any atom is -0.383 e. The molecule has 8 heteroatoms. The van der Waals surface area contributed by atoms with Crippen molar-refractivity contribution < 1.29 is 14.3 Å². The van der Waals surface area contributed by atoms with Crippen LogP contribution in [0.25, 0.3) is 0 Å². The molecule has 2 amide bonds. The van der Waals surface area contributed by atoms with Crippen molar-refractivity contribution in [2.24, 2.45) is 0 Å².